The van der Waals surface area contributed by atoms with E-state index in [0.717, 1.165) is 11.1 Å². The topological polar surface area (TPSA) is 93.4 Å². The van der Waals surface area contributed by atoms with Crippen molar-refractivity contribution in [2.45, 2.75) is 32.0 Å². The van der Waals surface area contributed by atoms with E-state index >= 15 is 0 Å². The summed E-state index contributed by atoms with van der Waals surface area (Å²) in [6.45, 7) is 2.39. The summed E-state index contributed by atoms with van der Waals surface area (Å²) in [6.07, 6.45) is 0.593. The van der Waals surface area contributed by atoms with Gasteiger partial charge >= 0.3 is 0 Å². The molecule has 1 aromatic carbocycles. The Hall–Kier alpha value is -2.32. The number of aromatic nitrogens is 4. The van der Waals surface area contributed by atoms with Gasteiger partial charge in [-0.25, -0.2) is 0 Å². The lowest BCUT2D eigenvalue weighted by Gasteiger charge is -2.22. The van der Waals surface area contributed by atoms with Crippen LogP contribution >= 0.6 is 0 Å². The zero-order chi connectivity index (χ0) is 17.1. The number of carbonyl (C=O) groups excluding carboxylic acids is 1. The minimum atomic E-state index is -0.220. The van der Waals surface area contributed by atoms with E-state index in [1.165, 1.54) is 4.80 Å². The van der Waals surface area contributed by atoms with Gasteiger partial charge in [-0.1, -0.05) is 29.8 Å². The SMILES string of the molecule is CO[C@@H]1C[C@@H](CO)N(C(=O)Cn2nnc(-c3ccc(C)cc3)n2)C1. The Morgan fingerprint density at radius 2 is 2.12 bits per heavy atom. The molecule has 0 aliphatic carbocycles. The molecule has 2 aromatic rings. The molecule has 1 saturated heterocycles. The van der Waals surface area contributed by atoms with E-state index in [2.05, 4.69) is 15.4 Å². The lowest BCUT2D eigenvalue weighted by Crippen LogP contribution is -2.40. The van der Waals surface area contributed by atoms with Crippen LogP contribution in [0, 0.1) is 6.92 Å². The Bertz CT molecular complexity index is 700. The fourth-order valence-corrected chi connectivity index (χ4v) is 2.86. The van der Waals surface area contributed by atoms with E-state index in [9.17, 15) is 9.90 Å². The minimum Gasteiger partial charge on any atom is -0.394 e. The first-order chi connectivity index (χ1) is 11.6. The summed E-state index contributed by atoms with van der Waals surface area (Å²) in [5, 5.41) is 21.7. The van der Waals surface area contributed by atoms with Gasteiger partial charge in [0.25, 0.3) is 0 Å². The number of rotatable bonds is 5. The number of aliphatic hydroxyl groups excluding tert-OH is 1. The predicted molar refractivity (Wildman–Crippen MR) is 86.0 cm³/mol. The van der Waals surface area contributed by atoms with Crippen LogP contribution in [-0.4, -0.2) is 68.5 Å². The molecule has 1 N–H and O–H groups in total. The molecule has 0 radical (unpaired) electrons. The first-order valence-corrected chi connectivity index (χ1v) is 7.88. The van der Waals surface area contributed by atoms with Crippen LogP contribution in [0.3, 0.4) is 0 Å². The molecule has 128 valence electrons. The number of hydrogen-bond acceptors (Lipinski definition) is 6. The quantitative estimate of drug-likeness (QED) is 0.844. The zero-order valence-electron chi connectivity index (χ0n) is 13.8. The number of ether oxygens (including phenoxy) is 1. The van der Waals surface area contributed by atoms with E-state index in [4.69, 9.17) is 4.74 Å². The number of aryl methyl sites for hydroxylation is 1. The molecule has 0 spiro atoms. The maximum atomic E-state index is 12.5. The Kier molecular flexibility index (Phi) is 4.86. The van der Waals surface area contributed by atoms with Crippen LogP contribution in [0.2, 0.25) is 0 Å². The minimum absolute atomic E-state index is 0.00814. The second-order valence-electron chi connectivity index (χ2n) is 5.99. The van der Waals surface area contributed by atoms with Crippen LogP contribution in [0.5, 0.6) is 0 Å². The summed E-state index contributed by atoms with van der Waals surface area (Å²) in [5.74, 6) is 0.333. The number of nitrogens with zero attached hydrogens (tertiary/aromatic N) is 5. The Labute approximate surface area is 140 Å². The summed E-state index contributed by atoms with van der Waals surface area (Å²) in [7, 11) is 1.61. The number of carbonyl (C=O) groups is 1. The van der Waals surface area contributed by atoms with Crippen molar-refractivity contribution >= 4 is 5.91 Å². The van der Waals surface area contributed by atoms with Crippen LogP contribution in [0.15, 0.2) is 24.3 Å². The molecule has 8 heteroatoms. The normalized spacial score (nSPS) is 20.5. The molecule has 2 heterocycles. The molecule has 1 aliphatic heterocycles. The van der Waals surface area contributed by atoms with Crippen molar-refractivity contribution in [2.24, 2.45) is 0 Å². The summed E-state index contributed by atoms with van der Waals surface area (Å²) < 4.78 is 5.29. The van der Waals surface area contributed by atoms with E-state index < -0.39 is 0 Å². The van der Waals surface area contributed by atoms with E-state index in [-0.39, 0.29) is 31.2 Å². The smallest absolute Gasteiger partial charge is 0.246 e. The van der Waals surface area contributed by atoms with E-state index in [0.29, 0.717) is 18.8 Å². The fourth-order valence-electron chi connectivity index (χ4n) is 2.86. The first kappa shape index (κ1) is 16.5. The average molecular weight is 331 g/mol. The second kappa shape index (κ2) is 7.06. The van der Waals surface area contributed by atoms with Crippen LogP contribution in [0.25, 0.3) is 11.4 Å². The molecule has 3 rings (SSSR count). The maximum Gasteiger partial charge on any atom is 0.246 e. The second-order valence-corrected chi connectivity index (χ2v) is 5.99. The third-order valence-corrected chi connectivity index (χ3v) is 4.28. The van der Waals surface area contributed by atoms with Crippen LogP contribution < -0.4 is 0 Å². The third-order valence-electron chi connectivity index (χ3n) is 4.28. The van der Waals surface area contributed by atoms with Gasteiger partial charge in [0.2, 0.25) is 11.7 Å². The van der Waals surface area contributed by atoms with Crippen molar-refractivity contribution in [3.63, 3.8) is 0 Å². The summed E-state index contributed by atoms with van der Waals surface area (Å²) in [5.41, 5.74) is 2.01. The van der Waals surface area contributed by atoms with Crippen molar-refractivity contribution in [1.82, 2.24) is 25.1 Å². The molecule has 1 amide bonds. The number of hydrogen-bond donors (Lipinski definition) is 1. The van der Waals surface area contributed by atoms with Gasteiger partial charge in [-0.05, 0) is 18.6 Å². The fraction of sp³-hybridized carbons (Fsp3) is 0.500. The van der Waals surface area contributed by atoms with Crippen molar-refractivity contribution in [1.29, 1.82) is 0 Å². The van der Waals surface area contributed by atoms with Crippen LogP contribution in [0.4, 0.5) is 0 Å². The molecule has 1 aromatic heterocycles. The standard InChI is InChI=1S/C16H21N5O3/c1-11-3-5-12(6-4-11)16-17-19-21(18-16)9-15(23)20-8-14(24-2)7-13(20)10-22/h3-6,13-14,22H,7-10H2,1-2H3/t13-,14+/m0/s1. The van der Waals surface area contributed by atoms with Gasteiger partial charge in [0.05, 0.1) is 18.8 Å². The number of amides is 1. The molecular weight excluding hydrogens is 310 g/mol. The highest BCUT2D eigenvalue weighted by atomic mass is 16.5. The Morgan fingerprint density at radius 3 is 2.79 bits per heavy atom. The molecular formula is C16H21N5O3. The van der Waals surface area contributed by atoms with Gasteiger partial charge < -0.3 is 14.7 Å². The lowest BCUT2D eigenvalue weighted by molar-refractivity contribution is -0.134. The summed E-state index contributed by atoms with van der Waals surface area (Å²) in [4.78, 5) is 15.4. The summed E-state index contributed by atoms with van der Waals surface area (Å²) in [6, 6.07) is 7.57. The molecule has 0 bridgehead atoms. The van der Waals surface area contributed by atoms with Gasteiger partial charge in [0.1, 0.15) is 6.54 Å². The predicted octanol–water partition coefficient (Wildman–Crippen LogP) is 0.257. The number of benzene rings is 1. The highest BCUT2D eigenvalue weighted by molar-refractivity contribution is 5.76. The Balaban J connectivity index is 1.68. The molecule has 0 saturated carbocycles. The van der Waals surface area contributed by atoms with Crippen molar-refractivity contribution in [3.8, 4) is 11.4 Å². The molecule has 0 unspecified atom stereocenters. The van der Waals surface area contributed by atoms with Crippen molar-refractivity contribution in [2.75, 3.05) is 20.3 Å². The van der Waals surface area contributed by atoms with Gasteiger partial charge in [0.15, 0.2) is 0 Å². The van der Waals surface area contributed by atoms with Gasteiger partial charge in [-0.2, -0.15) is 4.80 Å². The number of methoxy groups -OCH3 is 1. The third kappa shape index (κ3) is 3.44. The lowest BCUT2D eigenvalue weighted by atomic mass is 10.1. The largest absolute Gasteiger partial charge is 0.394 e. The molecule has 2 atom stereocenters. The number of likely N-dealkylation sites (tertiary alicyclic amines) is 1. The monoisotopic (exact) mass is 331 g/mol. The first-order valence-electron chi connectivity index (χ1n) is 7.88. The van der Waals surface area contributed by atoms with Crippen LogP contribution in [0.1, 0.15) is 12.0 Å². The highest BCUT2D eigenvalue weighted by Crippen LogP contribution is 2.20. The van der Waals surface area contributed by atoms with E-state index in [1.54, 1.807) is 12.0 Å². The molecule has 1 fully saturated rings. The molecule has 1 aliphatic rings. The van der Waals surface area contributed by atoms with Gasteiger partial charge in [-0.15, -0.1) is 10.2 Å². The molecule has 24 heavy (non-hydrogen) atoms. The van der Waals surface area contributed by atoms with Crippen molar-refractivity contribution in [3.05, 3.63) is 29.8 Å². The van der Waals surface area contributed by atoms with Gasteiger partial charge in [0, 0.05) is 19.2 Å². The number of aliphatic hydroxyl groups is 1. The van der Waals surface area contributed by atoms with Gasteiger partial charge in [-0.3, -0.25) is 4.79 Å². The highest BCUT2D eigenvalue weighted by Gasteiger charge is 2.35. The van der Waals surface area contributed by atoms with Crippen LogP contribution in [-0.2, 0) is 16.1 Å². The van der Waals surface area contributed by atoms with E-state index in [1.807, 2.05) is 31.2 Å². The molecule has 8 nitrogen and oxygen atoms in total. The Morgan fingerprint density at radius 1 is 1.38 bits per heavy atom. The maximum absolute atomic E-state index is 12.5. The zero-order valence-corrected chi connectivity index (χ0v) is 13.8. The average Bonchev–Trinajstić information content (AvgIpc) is 3.22. The van der Waals surface area contributed by atoms with Crippen molar-refractivity contribution < 1.29 is 14.6 Å². The number of tetrazole rings is 1. The summed E-state index contributed by atoms with van der Waals surface area (Å²) >= 11 is 0.